The number of hydrogen-bond acceptors (Lipinski definition) is 14. The summed E-state index contributed by atoms with van der Waals surface area (Å²) in [6.07, 6.45) is 1.30. The first-order valence-electron chi connectivity index (χ1n) is 36.1. The highest BCUT2D eigenvalue weighted by Gasteiger charge is 2.44. The molecule has 101 heavy (non-hydrogen) atoms. The zero-order valence-corrected chi connectivity index (χ0v) is 63.7. The maximum atomic E-state index is 15.6. The van der Waals surface area contributed by atoms with Crippen molar-refractivity contribution >= 4 is 70.9 Å². The number of aliphatic hydroxyl groups excluding tert-OH is 1. The van der Waals surface area contributed by atoms with Crippen molar-refractivity contribution in [3.63, 3.8) is 0 Å². The Labute approximate surface area is 600 Å². The molecule has 12 atom stereocenters. The maximum absolute atomic E-state index is 15.6. The predicted molar refractivity (Wildman–Crippen MR) is 385 cm³/mol. The number of nitrogens with zero attached hydrogens (tertiary/aromatic N) is 8. The van der Waals surface area contributed by atoms with Gasteiger partial charge in [0.1, 0.15) is 60.4 Å². The molecule has 0 unspecified atom stereocenters. The van der Waals surface area contributed by atoms with Crippen LogP contribution in [0.3, 0.4) is 0 Å². The fourth-order valence-electron chi connectivity index (χ4n) is 12.9. The van der Waals surface area contributed by atoms with Crippen molar-refractivity contribution in [3.8, 4) is 0 Å². The third-order valence-corrected chi connectivity index (χ3v) is 19.3. The molecule has 0 saturated carbocycles. The first kappa shape index (κ1) is 85.4. The Balaban J connectivity index is 1.99. The van der Waals surface area contributed by atoms with Gasteiger partial charge in [0.2, 0.25) is 70.9 Å². The lowest BCUT2D eigenvalue weighted by Crippen LogP contribution is -2.62. The fourth-order valence-corrected chi connectivity index (χ4v) is 12.9. The number of ether oxygens (including phenoxy) is 1. The van der Waals surface area contributed by atoms with Crippen LogP contribution in [0.2, 0.25) is 0 Å². The summed E-state index contributed by atoms with van der Waals surface area (Å²) in [6, 6.07) is 4.86. The number of carbonyl (C=O) groups is 12. The Morgan fingerprint density at radius 2 is 0.931 bits per heavy atom. The van der Waals surface area contributed by atoms with E-state index in [4.69, 9.17) is 4.74 Å². The smallest absolute Gasteiger partial charge is 0.247 e. The van der Waals surface area contributed by atoms with Crippen molar-refractivity contribution in [1.82, 2.24) is 60.5 Å². The third kappa shape index (κ3) is 25.2. The second-order valence-corrected chi connectivity index (χ2v) is 29.7. The van der Waals surface area contributed by atoms with E-state index < -0.39 is 163 Å². The number of amides is 12. The van der Waals surface area contributed by atoms with Crippen LogP contribution in [0.5, 0.6) is 0 Å². The number of nitrogens with one attached hydrogen (secondary N) is 4. The molecule has 2 aliphatic heterocycles. The maximum Gasteiger partial charge on any atom is 0.247 e. The molecule has 4 rings (SSSR count). The van der Waals surface area contributed by atoms with E-state index in [9.17, 15) is 33.9 Å². The van der Waals surface area contributed by atoms with Crippen LogP contribution in [-0.4, -0.2) is 264 Å². The van der Waals surface area contributed by atoms with Crippen molar-refractivity contribution < 1.29 is 67.4 Å². The lowest BCUT2D eigenvalue weighted by atomic mass is 9.94. The number of aliphatic hydroxyl groups is 1. The number of hydrogen-bond donors (Lipinski definition) is 5. The molecule has 2 saturated heterocycles. The van der Waals surface area contributed by atoms with Crippen LogP contribution in [-0.2, 0) is 75.1 Å². The molecule has 0 spiro atoms. The number of likely N-dealkylation sites (tertiary alicyclic amines) is 1. The fraction of sp³-hybridized carbons (Fsp3) is 0.680. The summed E-state index contributed by atoms with van der Waals surface area (Å²) >= 11 is 0. The Kier molecular flexibility index (Phi) is 34.3. The van der Waals surface area contributed by atoms with Crippen molar-refractivity contribution in [2.75, 3.05) is 82.2 Å². The molecule has 2 heterocycles. The molecular weight excluding hydrogens is 1290 g/mol. The highest BCUT2D eigenvalue weighted by molar-refractivity contribution is 6.00. The molecule has 564 valence electrons. The molecular formula is C75H120N12O14. The van der Waals surface area contributed by atoms with E-state index in [-0.39, 0.29) is 68.8 Å². The molecule has 0 aliphatic carbocycles. The Bertz CT molecular complexity index is 3090. The van der Waals surface area contributed by atoms with Crippen LogP contribution in [0.1, 0.15) is 152 Å². The highest BCUT2D eigenvalue weighted by Crippen LogP contribution is 2.25. The van der Waals surface area contributed by atoms with Crippen LogP contribution in [0.15, 0.2) is 60.7 Å². The van der Waals surface area contributed by atoms with E-state index in [1.165, 1.54) is 82.8 Å². The van der Waals surface area contributed by atoms with Crippen molar-refractivity contribution in [3.05, 3.63) is 71.8 Å². The number of piperidine rings is 1. The van der Waals surface area contributed by atoms with Crippen LogP contribution in [0, 0.1) is 29.6 Å². The zero-order chi connectivity index (χ0) is 75.9. The molecule has 5 N–H and O–H groups in total. The predicted octanol–water partition coefficient (Wildman–Crippen LogP) is 3.90. The van der Waals surface area contributed by atoms with E-state index in [1.807, 2.05) is 68.4 Å². The second kappa shape index (κ2) is 40.6. The van der Waals surface area contributed by atoms with Gasteiger partial charge in [0.15, 0.2) is 0 Å². The molecule has 0 bridgehead atoms. The number of benzene rings is 2. The molecule has 2 fully saturated rings. The van der Waals surface area contributed by atoms with Gasteiger partial charge < -0.3 is 70.3 Å². The van der Waals surface area contributed by atoms with Crippen LogP contribution < -0.4 is 21.3 Å². The minimum absolute atomic E-state index is 0.0301. The summed E-state index contributed by atoms with van der Waals surface area (Å²) < 4.78 is 5.78. The summed E-state index contributed by atoms with van der Waals surface area (Å²) in [6.45, 7) is 20.8. The number of likely N-dealkylation sites (N-methyl/N-ethyl adjacent to an activating group) is 7. The summed E-state index contributed by atoms with van der Waals surface area (Å²) in [4.78, 5) is 190. The number of rotatable bonds is 19. The molecule has 12 amide bonds. The van der Waals surface area contributed by atoms with Gasteiger partial charge >= 0.3 is 0 Å². The van der Waals surface area contributed by atoms with Crippen LogP contribution >= 0.6 is 0 Å². The largest absolute Gasteiger partial charge is 0.391 e. The van der Waals surface area contributed by atoms with E-state index in [1.54, 1.807) is 66.4 Å². The highest BCUT2D eigenvalue weighted by atomic mass is 16.5. The topological polar surface area (TPSA) is 308 Å². The quantitative estimate of drug-likeness (QED) is 0.133. The summed E-state index contributed by atoms with van der Waals surface area (Å²) in [5.74, 6) is -9.69. The lowest BCUT2D eigenvalue weighted by Gasteiger charge is -2.39. The normalized spacial score (nSPS) is 25.2. The van der Waals surface area contributed by atoms with Gasteiger partial charge in [-0.3, -0.25) is 57.5 Å². The standard InChI is InChI=1S/C75H120N12O14/c1-20-50(10)65-69(94)79-58(45-101-44-51(11)88)70(95)80(13)43-64(90)82(15)59(38-48(6)7)67(92)78-57(73(98)87-34-28-23-29-35-87)42-63(89)81(14)52(12)66(91)76-55(36-46(2)3)71(96)84(17)61(39-49(8)9)74(99)83(16)60(40-53-30-24-21-25-31-53)68(93)77-56(37-47(4)5)72(97)85(18)62(75(100)86(65)19)41-54-32-26-22-27-33-54/h21-22,24-27,30-33,46-52,55-62,65,88H,20,23,28-29,34-45H2,1-19H3,(H,76,91)(H,77,93)(H,78,92)(H,79,94)/t50-,51+,52-,55-,56-,57-,58-,59-,60-,61-,62-,65-/m0/s1. The van der Waals surface area contributed by atoms with Gasteiger partial charge in [0.25, 0.3) is 0 Å². The zero-order valence-electron chi connectivity index (χ0n) is 63.7. The molecule has 0 aromatic heterocycles. The molecule has 26 nitrogen and oxygen atoms in total. The molecule has 2 aliphatic rings. The van der Waals surface area contributed by atoms with Gasteiger partial charge in [-0.1, -0.05) is 136 Å². The average Bonchev–Trinajstić information content (AvgIpc) is 0.814. The molecule has 2 aromatic carbocycles. The summed E-state index contributed by atoms with van der Waals surface area (Å²) in [7, 11) is 9.91. The van der Waals surface area contributed by atoms with Gasteiger partial charge in [-0.05, 0) is 99.5 Å². The third-order valence-electron chi connectivity index (χ3n) is 19.3. The van der Waals surface area contributed by atoms with Gasteiger partial charge in [-0.15, -0.1) is 0 Å². The van der Waals surface area contributed by atoms with Gasteiger partial charge in [0.05, 0.1) is 32.3 Å². The SMILES string of the molecule is CC[C@H](C)[C@H]1C(=O)N[C@@H](COC[C@@H](C)O)C(=O)N(C)CC(=O)N(C)[C@@H](CC(C)C)C(=O)N[C@H](C(=O)N2CCCCC2)CC(=O)N(C)[C@@H](C)C(=O)N[C@@H](CC(C)C)C(=O)N(C)[C@@H](CC(C)C)C(=O)N(C)[C@@H](Cc2ccccc2)C(=O)N[C@@H](CC(C)C)C(=O)N(C)[C@@H](Cc2ccccc2)C(=O)N1C. The van der Waals surface area contributed by atoms with E-state index in [2.05, 4.69) is 21.3 Å². The van der Waals surface area contributed by atoms with E-state index in [0.717, 1.165) is 21.1 Å². The first-order valence-corrected chi connectivity index (χ1v) is 36.1. The molecule has 26 heteroatoms. The van der Waals surface area contributed by atoms with Crippen LogP contribution in [0.25, 0.3) is 0 Å². The van der Waals surface area contributed by atoms with E-state index >= 15 is 28.8 Å². The van der Waals surface area contributed by atoms with Crippen molar-refractivity contribution in [1.29, 1.82) is 0 Å². The Morgan fingerprint density at radius 3 is 1.43 bits per heavy atom. The average molecular weight is 1410 g/mol. The minimum atomic E-state index is -1.51. The lowest BCUT2D eigenvalue weighted by molar-refractivity contribution is -0.152. The minimum Gasteiger partial charge on any atom is -0.391 e. The first-order chi connectivity index (χ1) is 47.4. The van der Waals surface area contributed by atoms with Crippen molar-refractivity contribution in [2.24, 2.45) is 29.6 Å². The van der Waals surface area contributed by atoms with Gasteiger partial charge in [0, 0.05) is 75.3 Å². The monoisotopic (exact) mass is 1410 g/mol. The Morgan fingerprint density at radius 1 is 0.485 bits per heavy atom. The van der Waals surface area contributed by atoms with Crippen LogP contribution in [0.4, 0.5) is 0 Å². The second-order valence-electron chi connectivity index (χ2n) is 29.7. The molecule has 0 radical (unpaired) electrons. The van der Waals surface area contributed by atoms with Gasteiger partial charge in [-0.25, -0.2) is 0 Å². The summed E-state index contributed by atoms with van der Waals surface area (Å²) in [5.41, 5.74) is 1.33. The molecule has 2 aromatic rings. The van der Waals surface area contributed by atoms with Gasteiger partial charge in [-0.2, -0.15) is 0 Å². The summed E-state index contributed by atoms with van der Waals surface area (Å²) in [5, 5.41) is 21.7. The Hall–Kier alpha value is -8.00. The van der Waals surface area contributed by atoms with Crippen molar-refractivity contribution in [2.45, 2.75) is 220 Å². The van der Waals surface area contributed by atoms with E-state index in [0.29, 0.717) is 43.5 Å². The number of carbonyl (C=O) groups excluding carboxylic acids is 12.